The summed E-state index contributed by atoms with van der Waals surface area (Å²) in [6.07, 6.45) is 6.39. The summed E-state index contributed by atoms with van der Waals surface area (Å²) in [5, 5.41) is 0. The van der Waals surface area contributed by atoms with Crippen molar-refractivity contribution in [1.29, 1.82) is 0 Å². The molecule has 1 atom stereocenters. The van der Waals surface area contributed by atoms with E-state index < -0.39 is 0 Å². The lowest BCUT2D eigenvalue weighted by molar-refractivity contribution is 0.118. The van der Waals surface area contributed by atoms with Gasteiger partial charge in [-0.15, -0.1) is 0 Å². The second-order valence-corrected chi connectivity index (χ2v) is 5.05. The lowest BCUT2D eigenvalue weighted by Crippen LogP contribution is -2.39. The Morgan fingerprint density at radius 2 is 2.14 bits per heavy atom. The number of hydrogen-bond donors (Lipinski definition) is 0. The van der Waals surface area contributed by atoms with E-state index in [1.807, 2.05) is 50.3 Å². The molecule has 0 bridgehead atoms. The molecular formula is C17H19NO4. The monoisotopic (exact) mass is 301 g/mol. The first-order valence-electron chi connectivity index (χ1n) is 7.49. The first-order chi connectivity index (χ1) is 10.7. The fraction of sp³-hybridized carbons (Fsp3) is 0.353. The first kappa shape index (κ1) is 14.5. The maximum Gasteiger partial charge on any atom is 0.414 e. The van der Waals surface area contributed by atoms with Gasteiger partial charge in [0.1, 0.15) is 0 Å². The van der Waals surface area contributed by atoms with Crippen LogP contribution in [0.1, 0.15) is 25.8 Å². The van der Waals surface area contributed by atoms with Crippen LogP contribution in [0.4, 0.5) is 4.79 Å². The molecule has 116 valence electrons. The number of fused-ring (bicyclic) bond motifs is 1. The molecule has 2 heterocycles. The molecule has 0 spiro atoms. The molecule has 1 aromatic rings. The van der Waals surface area contributed by atoms with Crippen LogP contribution in [0.15, 0.2) is 36.4 Å². The zero-order valence-corrected chi connectivity index (χ0v) is 12.7. The van der Waals surface area contributed by atoms with Crippen molar-refractivity contribution in [2.75, 3.05) is 13.4 Å². The van der Waals surface area contributed by atoms with Gasteiger partial charge in [-0.05, 0) is 37.6 Å². The van der Waals surface area contributed by atoms with Crippen molar-refractivity contribution in [1.82, 2.24) is 4.90 Å². The van der Waals surface area contributed by atoms with Crippen LogP contribution < -0.4 is 9.47 Å². The third-order valence-electron chi connectivity index (χ3n) is 3.73. The Balaban J connectivity index is 1.97. The summed E-state index contributed by atoms with van der Waals surface area (Å²) in [5.41, 5.74) is 1.71. The quantitative estimate of drug-likeness (QED) is 0.856. The van der Waals surface area contributed by atoms with Gasteiger partial charge in [0.2, 0.25) is 6.79 Å². The molecule has 1 unspecified atom stereocenters. The number of amides is 1. The molecule has 0 radical (unpaired) electrons. The Morgan fingerprint density at radius 1 is 1.32 bits per heavy atom. The molecule has 0 saturated heterocycles. The molecule has 2 aliphatic rings. The molecule has 0 fully saturated rings. The van der Waals surface area contributed by atoms with Crippen molar-refractivity contribution >= 4 is 11.8 Å². The van der Waals surface area contributed by atoms with Gasteiger partial charge >= 0.3 is 6.09 Å². The van der Waals surface area contributed by atoms with E-state index in [1.165, 1.54) is 0 Å². The lowest BCUT2D eigenvalue weighted by Gasteiger charge is -2.32. The SMILES string of the molecule is CCOC(=O)N1C(c2ccc3c(c2)OCO3)=CC=CC1CC. The van der Waals surface area contributed by atoms with Gasteiger partial charge in [-0.3, -0.25) is 4.90 Å². The molecule has 1 aromatic carbocycles. The number of carbonyl (C=O) groups excluding carboxylic acids is 1. The Hall–Kier alpha value is -2.43. The summed E-state index contributed by atoms with van der Waals surface area (Å²) in [7, 11) is 0. The molecular weight excluding hydrogens is 282 g/mol. The van der Waals surface area contributed by atoms with Crippen molar-refractivity contribution < 1.29 is 19.0 Å². The van der Waals surface area contributed by atoms with Crippen LogP contribution >= 0.6 is 0 Å². The number of carbonyl (C=O) groups is 1. The van der Waals surface area contributed by atoms with Gasteiger partial charge in [-0.25, -0.2) is 4.79 Å². The van der Waals surface area contributed by atoms with Crippen LogP contribution in [-0.4, -0.2) is 30.4 Å². The molecule has 5 heteroatoms. The smallest absolute Gasteiger partial charge is 0.414 e. The highest BCUT2D eigenvalue weighted by atomic mass is 16.7. The van der Waals surface area contributed by atoms with Crippen LogP contribution in [-0.2, 0) is 4.74 Å². The fourth-order valence-electron chi connectivity index (χ4n) is 2.66. The summed E-state index contributed by atoms with van der Waals surface area (Å²) in [5.74, 6) is 1.43. The third-order valence-corrected chi connectivity index (χ3v) is 3.73. The van der Waals surface area contributed by atoms with Gasteiger partial charge in [-0.2, -0.15) is 0 Å². The topological polar surface area (TPSA) is 48.0 Å². The molecule has 22 heavy (non-hydrogen) atoms. The van der Waals surface area contributed by atoms with E-state index in [2.05, 4.69) is 0 Å². The van der Waals surface area contributed by atoms with E-state index >= 15 is 0 Å². The highest BCUT2D eigenvalue weighted by molar-refractivity contribution is 5.84. The van der Waals surface area contributed by atoms with Gasteiger partial charge < -0.3 is 14.2 Å². The summed E-state index contributed by atoms with van der Waals surface area (Å²) in [6, 6.07) is 5.68. The van der Waals surface area contributed by atoms with Gasteiger partial charge in [0, 0.05) is 5.56 Å². The van der Waals surface area contributed by atoms with Crippen molar-refractivity contribution in [3.8, 4) is 11.5 Å². The highest BCUT2D eigenvalue weighted by Gasteiger charge is 2.29. The number of benzene rings is 1. The molecule has 5 nitrogen and oxygen atoms in total. The second-order valence-electron chi connectivity index (χ2n) is 5.05. The molecule has 1 amide bonds. The Bertz CT molecular complexity index is 636. The second kappa shape index (κ2) is 6.13. The van der Waals surface area contributed by atoms with Gasteiger partial charge in [0.15, 0.2) is 11.5 Å². The Labute approximate surface area is 129 Å². The highest BCUT2D eigenvalue weighted by Crippen LogP contribution is 2.36. The van der Waals surface area contributed by atoms with Crippen LogP contribution in [0.2, 0.25) is 0 Å². The van der Waals surface area contributed by atoms with Crippen molar-refractivity contribution in [2.24, 2.45) is 0 Å². The summed E-state index contributed by atoms with van der Waals surface area (Å²) in [6.45, 7) is 4.44. The lowest BCUT2D eigenvalue weighted by atomic mass is 10.0. The van der Waals surface area contributed by atoms with E-state index in [4.69, 9.17) is 14.2 Å². The fourth-order valence-corrected chi connectivity index (χ4v) is 2.66. The average Bonchev–Trinajstić information content (AvgIpc) is 3.01. The molecule has 0 N–H and O–H groups in total. The van der Waals surface area contributed by atoms with E-state index in [1.54, 1.807) is 4.90 Å². The van der Waals surface area contributed by atoms with Crippen LogP contribution in [0.25, 0.3) is 5.70 Å². The molecule has 3 rings (SSSR count). The summed E-state index contributed by atoms with van der Waals surface area (Å²) >= 11 is 0. The van der Waals surface area contributed by atoms with Crippen molar-refractivity contribution in [3.05, 3.63) is 42.0 Å². The third kappa shape index (κ3) is 2.54. The minimum atomic E-state index is -0.331. The van der Waals surface area contributed by atoms with E-state index in [0.29, 0.717) is 12.4 Å². The number of hydrogen-bond acceptors (Lipinski definition) is 4. The average molecular weight is 301 g/mol. The minimum Gasteiger partial charge on any atom is -0.454 e. The van der Waals surface area contributed by atoms with E-state index in [9.17, 15) is 4.79 Å². The summed E-state index contributed by atoms with van der Waals surface area (Å²) in [4.78, 5) is 14.1. The maximum atomic E-state index is 12.4. The van der Waals surface area contributed by atoms with Crippen molar-refractivity contribution in [3.63, 3.8) is 0 Å². The van der Waals surface area contributed by atoms with E-state index in [0.717, 1.165) is 23.4 Å². The van der Waals surface area contributed by atoms with E-state index in [-0.39, 0.29) is 18.9 Å². The number of rotatable bonds is 3. The van der Waals surface area contributed by atoms with Gasteiger partial charge in [-0.1, -0.05) is 19.1 Å². The van der Waals surface area contributed by atoms with Crippen LogP contribution in [0.5, 0.6) is 11.5 Å². The standard InChI is InChI=1S/C17H19NO4/c1-3-13-6-5-7-14(18(13)17(19)20-4-2)12-8-9-15-16(10-12)22-11-21-15/h5-10,13H,3-4,11H2,1-2H3. The van der Waals surface area contributed by atoms with Crippen molar-refractivity contribution in [2.45, 2.75) is 26.3 Å². The Kier molecular flexibility index (Phi) is 4.04. The predicted octanol–water partition coefficient (Wildman–Crippen LogP) is 3.56. The maximum absolute atomic E-state index is 12.4. The largest absolute Gasteiger partial charge is 0.454 e. The number of allylic oxidation sites excluding steroid dienone is 2. The molecule has 0 aliphatic carbocycles. The minimum absolute atomic E-state index is 0.00975. The van der Waals surface area contributed by atoms with Gasteiger partial charge in [0.05, 0.1) is 18.3 Å². The zero-order valence-electron chi connectivity index (χ0n) is 12.7. The number of nitrogens with zero attached hydrogens (tertiary/aromatic N) is 1. The number of ether oxygens (including phenoxy) is 3. The van der Waals surface area contributed by atoms with Crippen LogP contribution in [0, 0.1) is 0 Å². The normalized spacial score (nSPS) is 19.1. The van der Waals surface area contributed by atoms with Crippen LogP contribution in [0.3, 0.4) is 0 Å². The summed E-state index contributed by atoms with van der Waals surface area (Å²) < 4.78 is 16.0. The Morgan fingerprint density at radius 3 is 2.91 bits per heavy atom. The first-order valence-corrected chi connectivity index (χ1v) is 7.49. The zero-order chi connectivity index (χ0) is 15.5. The molecule has 0 aromatic heterocycles. The predicted molar refractivity (Wildman–Crippen MR) is 82.6 cm³/mol. The molecule has 0 saturated carbocycles. The van der Waals surface area contributed by atoms with Gasteiger partial charge in [0.25, 0.3) is 0 Å². The molecule has 2 aliphatic heterocycles.